The van der Waals surface area contributed by atoms with E-state index in [4.69, 9.17) is 11.5 Å². The molecule has 0 aliphatic carbocycles. The number of nitrogens with two attached hydrogens (primary N) is 2. The fourth-order valence-electron chi connectivity index (χ4n) is 0.726. The van der Waals surface area contributed by atoms with E-state index in [-0.39, 0.29) is 5.96 Å². The molecule has 0 spiro atoms. The first-order chi connectivity index (χ1) is 6.11. The Labute approximate surface area is 88.5 Å². The van der Waals surface area contributed by atoms with Crippen molar-refractivity contribution in [1.82, 2.24) is 0 Å². The molecule has 0 fully saturated rings. The molecule has 0 aliphatic heterocycles. The van der Waals surface area contributed by atoms with E-state index in [2.05, 4.69) is 26.1 Å². The molecule has 13 heavy (non-hydrogen) atoms. The Balaban J connectivity index is 2.91. The summed E-state index contributed by atoms with van der Waals surface area (Å²) in [7, 11) is 0. The van der Waals surface area contributed by atoms with Crippen LogP contribution in [0.1, 0.15) is 12.5 Å². The van der Waals surface area contributed by atoms with Crippen LogP contribution in [-0.4, -0.2) is 11.7 Å². The van der Waals surface area contributed by atoms with Gasteiger partial charge in [0.1, 0.15) is 0 Å². The third-order valence-electron chi connectivity index (χ3n) is 1.32. The van der Waals surface area contributed by atoms with Crippen LogP contribution in [0.5, 0.6) is 0 Å². The van der Waals surface area contributed by atoms with Crippen LogP contribution in [0.15, 0.2) is 25.4 Å². The van der Waals surface area contributed by atoms with Gasteiger partial charge < -0.3 is 11.5 Å². The van der Waals surface area contributed by atoms with Crippen molar-refractivity contribution in [3.8, 4) is 0 Å². The van der Waals surface area contributed by atoms with Crippen LogP contribution in [0.2, 0.25) is 0 Å². The van der Waals surface area contributed by atoms with Crippen molar-refractivity contribution in [2.24, 2.45) is 21.7 Å². The SMILES string of the molecule is C/C(=N/N=C(N)N)c1cscc1Br. The molecule has 1 heterocycles. The molecule has 0 radical (unpaired) electrons. The normalized spacial score (nSPS) is 11.4. The molecule has 0 aromatic carbocycles. The van der Waals surface area contributed by atoms with Crippen molar-refractivity contribution in [3.63, 3.8) is 0 Å². The van der Waals surface area contributed by atoms with Crippen LogP contribution in [0, 0.1) is 0 Å². The summed E-state index contributed by atoms with van der Waals surface area (Å²) < 4.78 is 1.00. The fraction of sp³-hybridized carbons (Fsp3) is 0.143. The lowest BCUT2D eigenvalue weighted by molar-refractivity contribution is 1.20. The lowest BCUT2D eigenvalue weighted by Gasteiger charge is -1.94. The Hall–Kier alpha value is -0.880. The largest absolute Gasteiger partial charge is 0.369 e. The number of guanidine groups is 1. The van der Waals surface area contributed by atoms with E-state index in [1.54, 1.807) is 11.3 Å². The first kappa shape index (κ1) is 10.2. The van der Waals surface area contributed by atoms with Gasteiger partial charge in [-0.25, -0.2) is 0 Å². The molecule has 1 aromatic heterocycles. The Bertz CT molecular complexity index is 351. The molecule has 1 rings (SSSR count). The topological polar surface area (TPSA) is 76.8 Å². The van der Waals surface area contributed by atoms with Crippen LogP contribution >= 0.6 is 27.3 Å². The molecule has 6 heteroatoms. The second kappa shape index (κ2) is 4.38. The Morgan fingerprint density at radius 2 is 2.08 bits per heavy atom. The summed E-state index contributed by atoms with van der Waals surface area (Å²) in [5, 5.41) is 11.4. The summed E-state index contributed by atoms with van der Waals surface area (Å²) in [5.74, 6) is -0.0364. The highest BCUT2D eigenvalue weighted by atomic mass is 79.9. The highest BCUT2D eigenvalue weighted by molar-refractivity contribution is 9.10. The Morgan fingerprint density at radius 1 is 1.38 bits per heavy atom. The van der Waals surface area contributed by atoms with Gasteiger partial charge >= 0.3 is 0 Å². The number of thiophene rings is 1. The zero-order chi connectivity index (χ0) is 9.84. The van der Waals surface area contributed by atoms with Crippen molar-refractivity contribution >= 4 is 38.9 Å². The lowest BCUT2D eigenvalue weighted by atomic mass is 10.2. The minimum absolute atomic E-state index is 0.0364. The summed E-state index contributed by atoms with van der Waals surface area (Å²) in [5.41, 5.74) is 12.1. The second-order valence-corrected chi connectivity index (χ2v) is 3.94. The van der Waals surface area contributed by atoms with Gasteiger partial charge in [0.2, 0.25) is 5.96 Å². The molecule has 0 atom stereocenters. The van der Waals surface area contributed by atoms with Crippen LogP contribution in [0.4, 0.5) is 0 Å². The predicted octanol–water partition coefficient (Wildman–Crippen LogP) is 1.51. The summed E-state index contributed by atoms with van der Waals surface area (Å²) in [4.78, 5) is 0. The Morgan fingerprint density at radius 3 is 2.54 bits per heavy atom. The van der Waals surface area contributed by atoms with Gasteiger partial charge in [-0.05, 0) is 22.9 Å². The second-order valence-electron chi connectivity index (χ2n) is 2.34. The molecule has 0 saturated carbocycles. The number of hydrogen-bond acceptors (Lipinski definition) is 3. The predicted molar refractivity (Wildman–Crippen MR) is 60.0 cm³/mol. The van der Waals surface area contributed by atoms with Crippen LogP contribution in [0.3, 0.4) is 0 Å². The molecule has 4 N–H and O–H groups in total. The molecule has 0 amide bonds. The zero-order valence-electron chi connectivity index (χ0n) is 6.99. The van der Waals surface area contributed by atoms with E-state index >= 15 is 0 Å². The molecule has 70 valence electrons. The van der Waals surface area contributed by atoms with E-state index in [0.717, 1.165) is 15.7 Å². The molecule has 1 aromatic rings. The maximum atomic E-state index is 5.14. The van der Waals surface area contributed by atoms with E-state index in [1.807, 2.05) is 17.7 Å². The van der Waals surface area contributed by atoms with E-state index < -0.39 is 0 Å². The van der Waals surface area contributed by atoms with Gasteiger partial charge in [0, 0.05) is 20.8 Å². The van der Waals surface area contributed by atoms with Gasteiger partial charge in [-0.1, -0.05) is 0 Å². The van der Waals surface area contributed by atoms with Crippen molar-refractivity contribution in [1.29, 1.82) is 0 Å². The highest BCUT2D eigenvalue weighted by Crippen LogP contribution is 2.21. The van der Waals surface area contributed by atoms with E-state index in [9.17, 15) is 0 Å². The standard InChI is InChI=1S/C7H9BrN4S/c1-4(11-12-7(9)10)5-2-13-3-6(5)8/h2-3H,1H3,(H4,9,10,12)/b11-4-. The van der Waals surface area contributed by atoms with Gasteiger partial charge in [-0.3, -0.25) is 0 Å². The van der Waals surface area contributed by atoms with Gasteiger partial charge in [-0.2, -0.15) is 16.4 Å². The number of hydrogen-bond donors (Lipinski definition) is 2. The van der Waals surface area contributed by atoms with Crippen LogP contribution < -0.4 is 11.5 Å². The number of rotatable bonds is 2. The van der Waals surface area contributed by atoms with Crippen molar-refractivity contribution in [2.45, 2.75) is 6.92 Å². The maximum absolute atomic E-state index is 5.14. The maximum Gasteiger partial charge on any atom is 0.211 e. The first-order valence-electron chi connectivity index (χ1n) is 3.46. The summed E-state index contributed by atoms with van der Waals surface area (Å²) >= 11 is 4.98. The van der Waals surface area contributed by atoms with Gasteiger partial charge in [0.05, 0.1) is 5.71 Å². The molecule has 0 aliphatic rings. The van der Waals surface area contributed by atoms with Gasteiger partial charge in [-0.15, -0.1) is 5.10 Å². The molecule has 4 nitrogen and oxygen atoms in total. The fourth-order valence-corrected chi connectivity index (χ4v) is 2.35. The summed E-state index contributed by atoms with van der Waals surface area (Å²) in [6, 6.07) is 0. The third kappa shape index (κ3) is 2.82. The van der Waals surface area contributed by atoms with Crippen molar-refractivity contribution in [2.75, 3.05) is 0 Å². The van der Waals surface area contributed by atoms with Crippen LogP contribution in [-0.2, 0) is 0 Å². The van der Waals surface area contributed by atoms with Crippen molar-refractivity contribution in [3.05, 3.63) is 20.8 Å². The zero-order valence-corrected chi connectivity index (χ0v) is 9.39. The number of halogens is 1. The first-order valence-corrected chi connectivity index (χ1v) is 5.20. The molecule has 0 bridgehead atoms. The summed E-state index contributed by atoms with van der Waals surface area (Å²) in [6.45, 7) is 1.85. The summed E-state index contributed by atoms with van der Waals surface area (Å²) in [6.07, 6.45) is 0. The quantitative estimate of drug-likeness (QED) is 0.481. The minimum Gasteiger partial charge on any atom is -0.369 e. The molecule has 0 unspecified atom stereocenters. The van der Waals surface area contributed by atoms with Gasteiger partial charge in [0.15, 0.2) is 0 Å². The lowest BCUT2D eigenvalue weighted by Crippen LogP contribution is -2.22. The number of nitrogens with zero attached hydrogens (tertiary/aromatic N) is 2. The van der Waals surface area contributed by atoms with Crippen LogP contribution in [0.25, 0.3) is 0 Å². The monoisotopic (exact) mass is 260 g/mol. The van der Waals surface area contributed by atoms with E-state index in [0.29, 0.717) is 0 Å². The minimum atomic E-state index is -0.0364. The van der Waals surface area contributed by atoms with Crippen molar-refractivity contribution < 1.29 is 0 Å². The molecule has 0 saturated heterocycles. The van der Waals surface area contributed by atoms with Gasteiger partial charge in [0.25, 0.3) is 0 Å². The highest BCUT2D eigenvalue weighted by Gasteiger charge is 2.03. The smallest absolute Gasteiger partial charge is 0.211 e. The molecular formula is C7H9BrN4S. The third-order valence-corrected chi connectivity index (χ3v) is 3.02. The Kier molecular flexibility index (Phi) is 3.44. The molecular weight excluding hydrogens is 252 g/mol. The average Bonchev–Trinajstić information content (AvgIpc) is 2.47. The average molecular weight is 261 g/mol. The van der Waals surface area contributed by atoms with E-state index in [1.165, 1.54) is 0 Å².